The zero-order chi connectivity index (χ0) is 9.40. The maximum Gasteiger partial charge on any atom is 0.216 e. The van der Waals surface area contributed by atoms with Crippen molar-refractivity contribution in [2.75, 3.05) is 24.7 Å². The Kier molecular flexibility index (Phi) is 7.23. The van der Waals surface area contributed by atoms with Crippen molar-refractivity contribution in [3.05, 3.63) is 0 Å². The first-order chi connectivity index (χ1) is 5.66. The Morgan fingerprint density at radius 2 is 2.33 bits per heavy atom. The minimum absolute atomic E-state index is 0.0432. The Labute approximate surface area is 76.4 Å². The molecule has 0 spiro atoms. The summed E-state index contributed by atoms with van der Waals surface area (Å²) in [5.41, 5.74) is 0. The average Bonchev–Trinajstić information content (AvgIpc) is 2.03. The molecule has 3 N–H and O–H groups in total. The van der Waals surface area contributed by atoms with Gasteiger partial charge in [-0.3, -0.25) is 4.79 Å². The fraction of sp³-hybridized carbons (Fsp3) is 0.857. The Bertz CT molecular complexity index is 132. The van der Waals surface area contributed by atoms with Gasteiger partial charge in [0.1, 0.15) is 0 Å². The summed E-state index contributed by atoms with van der Waals surface area (Å²) in [6.45, 7) is 1.87. The van der Waals surface area contributed by atoms with Crippen LogP contribution >= 0.6 is 11.8 Å². The largest absolute Gasteiger partial charge is 0.394 e. The second-order valence-corrected chi connectivity index (χ2v) is 3.54. The fourth-order valence-corrected chi connectivity index (χ4v) is 1.36. The molecule has 4 nitrogen and oxygen atoms in total. The molecular formula is C7H15NO3S. The summed E-state index contributed by atoms with van der Waals surface area (Å²) >= 11 is 1.50. The van der Waals surface area contributed by atoms with Crippen molar-refractivity contribution in [3.63, 3.8) is 0 Å². The summed E-state index contributed by atoms with van der Waals surface area (Å²) in [6.07, 6.45) is -0.646. The van der Waals surface area contributed by atoms with Gasteiger partial charge in [0, 0.05) is 25.0 Å². The van der Waals surface area contributed by atoms with Gasteiger partial charge in [0.25, 0.3) is 0 Å². The van der Waals surface area contributed by atoms with Gasteiger partial charge in [-0.1, -0.05) is 0 Å². The predicted octanol–water partition coefficient (Wildman–Crippen LogP) is -0.791. The van der Waals surface area contributed by atoms with E-state index in [0.717, 1.165) is 5.75 Å². The Balaban J connectivity index is 3.05. The van der Waals surface area contributed by atoms with Crippen LogP contribution in [0.5, 0.6) is 0 Å². The van der Waals surface area contributed by atoms with Gasteiger partial charge in [-0.05, 0) is 0 Å². The highest BCUT2D eigenvalue weighted by Crippen LogP contribution is 2.00. The molecule has 0 fully saturated rings. The third-order valence-electron chi connectivity index (χ3n) is 1.14. The molecule has 5 heteroatoms. The van der Waals surface area contributed by atoms with Gasteiger partial charge in [0.15, 0.2) is 0 Å². The van der Waals surface area contributed by atoms with Crippen LogP contribution in [0.15, 0.2) is 0 Å². The SMILES string of the molecule is CC(=O)NCCSCC(O)CO. The minimum atomic E-state index is -0.646. The van der Waals surface area contributed by atoms with Crippen molar-refractivity contribution in [2.24, 2.45) is 0 Å². The quantitative estimate of drug-likeness (QED) is 0.483. The van der Waals surface area contributed by atoms with E-state index in [4.69, 9.17) is 10.2 Å². The van der Waals surface area contributed by atoms with Crippen molar-refractivity contribution >= 4 is 17.7 Å². The number of hydrogen-bond acceptors (Lipinski definition) is 4. The van der Waals surface area contributed by atoms with Gasteiger partial charge < -0.3 is 15.5 Å². The molecule has 1 atom stereocenters. The van der Waals surface area contributed by atoms with Gasteiger partial charge in [-0.2, -0.15) is 11.8 Å². The van der Waals surface area contributed by atoms with E-state index in [0.29, 0.717) is 12.3 Å². The third kappa shape index (κ3) is 7.84. The van der Waals surface area contributed by atoms with Crippen LogP contribution in [-0.4, -0.2) is 46.9 Å². The smallest absolute Gasteiger partial charge is 0.216 e. The van der Waals surface area contributed by atoms with Crippen LogP contribution in [0, 0.1) is 0 Å². The van der Waals surface area contributed by atoms with Crippen molar-refractivity contribution in [2.45, 2.75) is 13.0 Å². The van der Waals surface area contributed by atoms with Crippen LogP contribution in [0.25, 0.3) is 0 Å². The molecule has 12 heavy (non-hydrogen) atoms. The van der Waals surface area contributed by atoms with E-state index >= 15 is 0 Å². The molecule has 0 aromatic carbocycles. The molecule has 1 amide bonds. The number of aliphatic hydroxyl groups excluding tert-OH is 2. The summed E-state index contributed by atoms with van der Waals surface area (Å²) in [6, 6.07) is 0. The molecule has 0 rings (SSSR count). The highest BCUT2D eigenvalue weighted by molar-refractivity contribution is 7.99. The second-order valence-electron chi connectivity index (χ2n) is 2.39. The van der Waals surface area contributed by atoms with E-state index < -0.39 is 6.10 Å². The summed E-state index contributed by atoms with van der Waals surface area (Å²) in [5.74, 6) is 1.23. The topological polar surface area (TPSA) is 69.6 Å². The highest BCUT2D eigenvalue weighted by Gasteiger charge is 2.00. The number of thioether (sulfide) groups is 1. The maximum atomic E-state index is 10.4. The first kappa shape index (κ1) is 11.7. The van der Waals surface area contributed by atoms with Crippen molar-refractivity contribution in [1.82, 2.24) is 5.32 Å². The van der Waals surface area contributed by atoms with Crippen LogP contribution in [0.4, 0.5) is 0 Å². The van der Waals surface area contributed by atoms with Crippen LogP contribution in [-0.2, 0) is 4.79 Å². The van der Waals surface area contributed by atoms with Gasteiger partial charge in [-0.15, -0.1) is 0 Å². The van der Waals surface area contributed by atoms with E-state index in [2.05, 4.69) is 5.32 Å². The second kappa shape index (κ2) is 7.39. The number of nitrogens with one attached hydrogen (secondary N) is 1. The number of rotatable bonds is 6. The molecule has 0 aliphatic carbocycles. The van der Waals surface area contributed by atoms with Crippen molar-refractivity contribution < 1.29 is 15.0 Å². The number of carbonyl (C=O) groups is 1. The Morgan fingerprint density at radius 1 is 1.67 bits per heavy atom. The lowest BCUT2D eigenvalue weighted by atomic mass is 10.4. The predicted molar refractivity (Wildman–Crippen MR) is 49.1 cm³/mol. The van der Waals surface area contributed by atoms with E-state index in [9.17, 15) is 4.79 Å². The summed E-state index contributed by atoms with van der Waals surface area (Å²) in [5, 5.41) is 20.0. The molecule has 0 heterocycles. The first-order valence-electron chi connectivity index (χ1n) is 3.78. The lowest BCUT2D eigenvalue weighted by molar-refractivity contribution is -0.118. The Hall–Kier alpha value is -0.260. The van der Waals surface area contributed by atoms with Gasteiger partial charge in [0.2, 0.25) is 5.91 Å². The monoisotopic (exact) mass is 193 g/mol. The lowest BCUT2D eigenvalue weighted by Gasteiger charge is -2.06. The fourth-order valence-electron chi connectivity index (χ4n) is 0.571. The van der Waals surface area contributed by atoms with Crippen LogP contribution in [0.3, 0.4) is 0 Å². The van der Waals surface area contributed by atoms with Crippen LogP contribution in [0.2, 0.25) is 0 Å². The normalized spacial score (nSPS) is 12.6. The molecule has 0 aromatic rings. The molecule has 0 bridgehead atoms. The molecule has 0 aliphatic heterocycles. The number of amides is 1. The highest BCUT2D eigenvalue weighted by atomic mass is 32.2. The standard InChI is InChI=1S/C7H15NO3S/c1-6(10)8-2-3-12-5-7(11)4-9/h7,9,11H,2-5H2,1H3,(H,8,10). The summed E-state index contributed by atoms with van der Waals surface area (Å²) in [7, 11) is 0. The zero-order valence-electron chi connectivity index (χ0n) is 7.12. The van der Waals surface area contributed by atoms with E-state index in [1.807, 2.05) is 0 Å². The molecule has 0 saturated heterocycles. The molecule has 72 valence electrons. The molecule has 0 radical (unpaired) electrons. The summed E-state index contributed by atoms with van der Waals surface area (Å²) in [4.78, 5) is 10.4. The minimum Gasteiger partial charge on any atom is -0.394 e. The third-order valence-corrected chi connectivity index (χ3v) is 2.25. The molecule has 0 aliphatic rings. The van der Waals surface area contributed by atoms with Gasteiger partial charge in [-0.25, -0.2) is 0 Å². The van der Waals surface area contributed by atoms with Crippen molar-refractivity contribution in [1.29, 1.82) is 0 Å². The average molecular weight is 193 g/mol. The van der Waals surface area contributed by atoms with Gasteiger partial charge >= 0.3 is 0 Å². The van der Waals surface area contributed by atoms with Crippen molar-refractivity contribution in [3.8, 4) is 0 Å². The first-order valence-corrected chi connectivity index (χ1v) is 4.93. The van der Waals surface area contributed by atoms with E-state index in [1.165, 1.54) is 18.7 Å². The van der Waals surface area contributed by atoms with Crippen LogP contribution < -0.4 is 5.32 Å². The van der Waals surface area contributed by atoms with Gasteiger partial charge in [0.05, 0.1) is 12.7 Å². The van der Waals surface area contributed by atoms with E-state index in [1.54, 1.807) is 0 Å². The Morgan fingerprint density at radius 3 is 2.83 bits per heavy atom. The molecular weight excluding hydrogens is 178 g/mol. The number of aliphatic hydroxyl groups is 2. The summed E-state index contributed by atoms with van der Waals surface area (Å²) < 4.78 is 0. The maximum absolute atomic E-state index is 10.4. The van der Waals surface area contributed by atoms with E-state index in [-0.39, 0.29) is 12.5 Å². The molecule has 0 saturated carbocycles. The number of carbonyl (C=O) groups excluding carboxylic acids is 1. The number of hydrogen-bond donors (Lipinski definition) is 3. The zero-order valence-corrected chi connectivity index (χ0v) is 7.93. The van der Waals surface area contributed by atoms with Crippen LogP contribution in [0.1, 0.15) is 6.92 Å². The molecule has 0 aromatic heterocycles. The molecule has 1 unspecified atom stereocenters. The lowest BCUT2D eigenvalue weighted by Crippen LogP contribution is -2.23.